The maximum Gasteiger partial charge on any atom is 0.298 e. The second kappa shape index (κ2) is 8.77. The van der Waals surface area contributed by atoms with Gasteiger partial charge in [0.2, 0.25) is 0 Å². The van der Waals surface area contributed by atoms with E-state index in [2.05, 4.69) is 47.2 Å². The zero-order valence-electron chi connectivity index (χ0n) is 18.5. The molecule has 0 saturated carbocycles. The minimum absolute atomic E-state index is 0.316. The highest BCUT2D eigenvalue weighted by Gasteiger charge is 2.36. The average molecular weight is 495 g/mol. The van der Waals surface area contributed by atoms with Crippen molar-refractivity contribution in [1.82, 2.24) is 4.57 Å². The fraction of sp³-hybridized carbons (Fsp3) is 0.0345. The molecule has 6 rings (SSSR count). The Balaban J connectivity index is 1.36. The van der Waals surface area contributed by atoms with Gasteiger partial charge in [0, 0.05) is 34.2 Å². The van der Waals surface area contributed by atoms with Crippen LogP contribution in [-0.2, 0) is 11.3 Å². The first-order valence-electron chi connectivity index (χ1n) is 11.2. The van der Waals surface area contributed by atoms with Crippen LogP contribution in [0.15, 0.2) is 102 Å². The molecule has 0 radical (unpaired) electrons. The van der Waals surface area contributed by atoms with Crippen LogP contribution in [0.1, 0.15) is 11.1 Å². The number of hydrogen-bond acceptors (Lipinski definition) is 3. The predicted octanol–water partition coefficient (Wildman–Crippen LogP) is 7.74. The number of halogens is 1. The van der Waals surface area contributed by atoms with E-state index in [0.717, 1.165) is 28.2 Å². The third kappa shape index (κ3) is 4.03. The van der Waals surface area contributed by atoms with E-state index in [4.69, 9.17) is 11.6 Å². The predicted molar refractivity (Wildman–Crippen MR) is 145 cm³/mol. The van der Waals surface area contributed by atoms with Gasteiger partial charge in [-0.05, 0) is 70.6 Å². The van der Waals surface area contributed by atoms with Gasteiger partial charge in [-0.1, -0.05) is 66.2 Å². The van der Waals surface area contributed by atoms with Crippen molar-refractivity contribution in [3.8, 4) is 0 Å². The third-order valence-electron chi connectivity index (χ3n) is 6.15. The van der Waals surface area contributed by atoms with Crippen molar-refractivity contribution in [3.05, 3.63) is 118 Å². The molecule has 0 spiro atoms. The molecule has 6 heteroatoms. The molecule has 1 aromatic heterocycles. The van der Waals surface area contributed by atoms with Crippen LogP contribution >= 0.6 is 23.4 Å². The van der Waals surface area contributed by atoms with Crippen LogP contribution in [0.5, 0.6) is 0 Å². The SMILES string of the molecule is O=C1S/C(=C/c2cn(Cc3ccc4ccccc4c3)c3ccccc23)C(=O)N1c1ccc(Cl)cc1. The Morgan fingerprint density at radius 1 is 0.829 bits per heavy atom. The summed E-state index contributed by atoms with van der Waals surface area (Å²) in [5, 5.41) is 3.69. The number of thioether (sulfide) groups is 1. The van der Waals surface area contributed by atoms with Gasteiger partial charge in [0.25, 0.3) is 11.1 Å². The summed E-state index contributed by atoms with van der Waals surface area (Å²) < 4.78 is 2.19. The Morgan fingerprint density at radius 3 is 2.40 bits per heavy atom. The molecule has 35 heavy (non-hydrogen) atoms. The zero-order chi connectivity index (χ0) is 23.9. The number of nitrogens with zero attached hydrogens (tertiary/aromatic N) is 2. The van der Waals surface area contributed by atoms with Crippen LogP contribution in [-0.4, -0.2) is 15.7 Å². The first kappa shape index (κ1) is 21.7. The van der Waals surface area contributed by atoms with Crippen molar-refractivity contribution in [2.45, 2.75) is 6.54 Å². The molecule has 0 unspecified atom stereocenters. The van der Waals surface area contributed by atoms with E-state index in [0.29, 0.717) is 22.2 Å². The summed E-state index contributed by atoms with van der Waals surface area (Å²) in [7, 11) is 0. The Hall–Kier alpha value is -3.80. The van der Waals surface area contributed by atoms with Crippen molar-refractivity contribution >= 4 is 67.9 Å². The molecule has 0 atom stereocenters. The maximum absolute atomic E-state index is 13.1. The first-order chi connectivity index (χ1) is 17.1. The lowest BCUT2D eigenvalue weighted by Crippen LogP contribution is -2.27. The molecule has 0 bridgehead atoms. The van der Waals surface area contributed by atoms with Gasteiger partial charge >= 0.3 is 0 Å². The molecule has 5 aromatic rings. The van der Waals surface area contributed by atoms with Crippen molar-refractivity contribution in [2.24, 2.45) is 0 Å². The monoisotopic (exact) mass is 494 g/mol. The highest BCUT2D eigenvalue weighted by Crippen LogP contribution is 2.37. The molecular formula is C29H19ClN2O2S. The summed E-state index contributed by atoms with van der Waals surface area (Å²) in [4.78, 5) is 27.4. The normalized spacial score (nSPS) is 15.1. The minimum Gasteiger partial charge on any atom is -0.342 e. The quantitative estimate of drug-likeness (QED) is 0.240. The second-order valence-electron chi connectivity index (χ2n) is 8.40. The van der Waals surface area contributed by atoms with Gasteiger partial charge in [-0.2, -0.15) is 0 Å². The molecule has 2 heterocycles. The topological polar surface area (TPSA) is 42.3 Å². The lowest BCUT2D eigenvalue weighted by atomic mass is 10.1. The van der Waals surface area contributed by atoms with Gasteiger partial charge in [0.15, 0.2) is 0 Å². The number of para-hydroxylation sites is 1. The molecule has 1 saturated heterocycles. The highest BCUT2D eigenvalue weighted by molar-refractivity contribution is 8.19. The van der Waals surface area contributed by atoms with E-state index in [1.54, 1.807) is 24.3 Å². The van der Waals surface area contributed by atoms with Crippen LogP contribution in [0.2, 0.25) is 5.02 Å². The molecule has 1 aliphatic rings. The molecule has 170 valence electrons. The average Bonchev–Trinajstić information content (AvgIpc) is 3.36. The number of amides is 2. The van der Waals surface area contributed by atoms with E-state index in [9.17, 15) is 9.59 Å². The molecule has 1 fully saturated rings. The molecule has 1 aliphatic heterocycles. The van der Waals surface area contributed by atoms with Gasteiger partial charge in [0.1, 0.15) is 0 Å². The smallest absolute Gasteiger partial charge is 0.298 e. The van der Waals surface area contributed by atoms with Gasteiger partial charge in [-0.15, -0.1) is 0 Å². The van der Waals surface area contributed by atoms with Crippen LogP contribution in [0.3, 0.4) is 0 Å². The number of rotatable bonds is 4. The number of imide groups is 1. The summed E-state index contributed by atoms with van der Waals surface area (Å²) in [5.74, 6) is -0.325. The molecule has 4 nitrogen and oxygen atoms in total. The fourth-order valence-electron chi connectivity index (χ4n) is 4.48. The van der Waals surface area contributed by atoms with Crippen LogP contribution in [0, 0.1) is 0 Å². The van der Waals surface area contributed by atoms with Crippen molar-refractivity contribution in [2.75, 3.05) is 4.90 Å². The molecular weight excluding hydrogens is 476 g/mol. The van der Waals surface area contributed by atoms with E-state index in [1.807, 2.05) is 36.4 Å². The lowest BCUT2D eigenvalue weighted by Gasteiger charge is -2.12. The Kier molecular flexibility index (Phi) is 5.44. The van der Waals surface area contributed by atoms with E-state index >= 15 is 0 Å². The number of carbonyl (C=O) groups is 2. The molecule has 0 N–H and O–H groups in total. The summed E-state index contributed by atoms with van der Waals surface area (Å²) >= 11 is 6.92. The largest absolute Gasteiger partial charge is 0.342 e. The number of aromatic nitrogens is 1. The third-order valence-corrected chi connectivity index (χ3v) is 7.27. The van der Waals surface area contributed by atoms with Gasteiger partial charge < -0.3 is 4.57 Å². The minimum atomic E-state index is -0.325. The first-order valence-corrected chi connectivity index (χ1v) is 12.4. The molecule has 4 aromatic carbocycles. The van der Waals surface area contributed by atoms with Crippen LogP contribution in [0.4, 0.5) is 10.5 Å². The van der Waals surface area contributed by atoms with Crippen LogP contribution < -0.4 is 4.90 Å². The van der Waals surface area contributed by atoms with E-state index in [1.165, 1.54) is 21.2 Å². The number of anilines is 1. The van der Waals surface area contributed by atoms with Crippen molar-refractivity contribution in [3.63, 3.8) is 0 Å². The molecule has 0 aliphatic carbocycles. The molecule has 2 amide bonds. The lowest BCUT2D eigenvalue weighted by molar-refractivity contribution is -0.113. The number of benzene rings is 4. The van der Waals surface area contributed by atoms with Crippen molar-refractivity contribution < 1.29 is 9.59 Å². The number of hydrogen-bond donors (Lipinski definition) is 0. The van der Waals surface area contributed by atoms with Gasteiger partial charge in [-0.3, -0.25) is 9.59 Å². The van der Waals surface area contributed by atoms with Gasteiger partial charge in [0.05, 0.1) is 10.6 Å². The van der Waals surface area contributed by atoms with E-state index < -0.39 is 0 Å². The van der Waals surface area contributed by atoms with Crippen molar-refractivity contribution in [1.29, 1.82) is 0 Å². The summed E-state index contributed by atoms with van der Waals surface area (Å²) in [6, 6.07) is 29.6. The second-order valence-corrected chi connectivity index (χ2v) is 9.83. The summed E-state index contributed by atoms with van der Waals surface area (Å²) in [6.45, 7) is 0.700. The Morgan fingerprint density at radius 2 is 1.57 bits per heavy atom. The zero-order valence-corrected chi connectivity index (χ0v) is 20.1. The Bertz CT molecular complexity index is 1650. The Labute approximate surface area is 211 Å². The summed E-state index contributed by atoms with van der Waals surface area (Å²) in [6.07, 6.45) is 3.87. The summed E-state index contributed by atoms with van der Waals surface area (Å²) in [5.41, 5.74) is 3.69. The van der Waals surface area contributed by atoms with Crippen LogP contribution in [0.25, 0.3) is 27.8 Å². The maximum atomic E-state index is 13.1. The van der Waals surface area contributed by atoms with Gasteiger partial charge in [-0.25, -0.2) is 4.90 Å². The number of fused-ring (bicyclic) bond motifs is 2. The fourth-order valence-corrected chi connectivity index (χ4v) is 5.43. The number of carbonyl (C=O) groups excluding carboxylic acids is 2. The standard InChI is InChI=1S/C29H19ClN2O2S/c30-23-11-13-24(14-12-23)32-28(33)27(35-29(32)34)16-22-18-31(26-8-4-3-7-25(22)26)17-19-9-10-20-5-1-2-6-21(20)15-19/h1-16,18H,17H2/b27-16+. The van der Waals surface area contributed by atoms with E-state index in [-0.39, 0.29) is 11.1 Å². The highest BCUT2D eigenvalue weighted by atomic mass is 35.5.